The first kappa shape index (κ1) is 11.2. The van der Waals surface area contributed by atoms with Crippen LogP contribution in [-0.4, -0.2) is 11.6 Å². The van der Waals surface area contributed by atoms with Gasteiger partial charge >= 0.3 is 0 Å². The predicted octanol–water partition coefficient (Wildman–Crippen LogP) is 2.83. The number of anilines is 1. The summed E-state index contributed by atoms with van der Waals surface area (Å²) in [5.74, 6) is 1.37. The number of benzene rings is 2. The van der Waals surface area contributed by atoms with Gasteiger partial charge in [0.05, 0.1) is 5.69 Å². The highest BCUT2D eigenvalue weighted by atomic mass is 16.5. The third-order valence-corrected chi connectivity index (χ3v) is 2.18. The van der Waals surface area contributed by atoms with Gasteiger partial charge in [0.1, 0.15) is 11.5 Å². The van der Waals surface area contributed by atoms with Crippen LogP contribution in [0.5, 0.6) is 11.5 Å². The zero-order valence-corrected chi connectivity index (χ0v) is 8.98. The van der Waals surface area contributed by atoms with Gasteiger partial charge in [-0.15, -0.1) is 0 Å². The van der Waals surface area contributed by atoms with E-state index in [0.717, 1.165) is 5.75 Å². The molecule has 0 spiro atoms. The first-order valence-corrected chi connectivity index (χ1v) is 5.06. The number of hydrogen-bond donors (Lipinski definition) is 1. The van der Waals surface area contributed by atoms with Crippen molar-refractivity contribution in [2.45, 2.75) is 0 Å². The van der Waals surface area contributed by atoms with Gasteiger partial charge in [-0.3, -0.25) is 10.0 Å². The zero-order chi connectivity index (χ0) is 12.1. The molecule has 0 atom stereocenters. The summed E-state index contributed by atoms with van der Waals surface area (Å²) in [6.45, 7) is 0. The SMILES string of the molecule is O=CN(O)c1ccc(Oc2ccccc2)cc1. The highest BCUT2D eigenvalue weighted by molar-refractivity contribution is 5.71. The Morgan fingerprint density at radius 2 is 1.53 bits per heavy atom. The molecule has 0 aromatic heterocycles. The monoisotopic (exact) mass is 229 g/mol. The first-order chi connectivity index (χ1) is 8.29. The van der Waals surface area contributed by atoms with Crippen molar-refractivity contribution < 1.29 is 14.7 Å². The average Bonchev–Trinajstić information content (AvgIpc) is 2.40. The molecule has 0 fully saturated rings. The minimum absolute atomic E-state index is 0.326. The lowest BCUT2D eigenvalue weighted by atomic mass is 10.3. The van der Waals surface area contributed by atoms with E-state index in [4.69, 9.17) is 9.94 Å². The number of carbonyl (C=O) groups excluding carboxylic acids is 1. The van der Waals surface area contributed by atoms with Gasteiger partial charge in [-0.1, -0.05) is 18.2 Å². The smallest absolute Gasteiger partial charge is 0.237 e. The Morgan fingerprint density at radius 3 is 2.12 bits per heavy atom. The second kappa shape index (κ2) is 5.14. The zero-order valence-electron chi connectivity index (χ0n) is 8.98. The van der Waals surface area contributed by atoms with E-state index in [9.17, 15) is 4.79 Å². The minimum atomic E-state index is 0.326. The van der Waals surface area contributed by atoms with Crippen LogP contribution in [0.15, 0.2) is 54.6 Å². The second-order valence-electron chi connectivity index (χ2n) is 3.36. The number of carbonyl (C=O) groups is 1. The molecule has 0 aliphatic carbocycles. The number of hydrogen-bond acceptors (Lipinski definition) is 3. The molecule has 0 heterocycles. The van der Waals surface area contributed by atoms with E-state index >= 15 is 0 Å². The lowest BCUT2D eigenvalue weighted by Crippen LogP contribution is -2.14. The molecule has 17 heavy (non-hydrogen) atoms. The van der Waals surface area contributed by atoms with Gasteiger partial charge in [0, 0.05) is 0 Å². The van der Waals surface area contributed by atoms with Gasteiger partial charge in [-0.25, -0.2) is 0 Å². The standard InChI is InChI=1S/C13H11NO3/c15-10-14(16)11-6-8-13(9-7-11)17-12-4-2-1-3-5-12/h1-10,16H. The first-order valence-electron chi connectivity index (χ1n) is 5.06. The highest BCUT2D eigenvalue weighted by Gasteiger charge is 2.01. The molecule has 2 aromatic rings. The van der Waals surface area contributed by atoms with Crippen molar-refractivity contribution >= 4 is 12.1 Å². The maximum atomic E-state index is 10.3. The van der Waals surface area contributed by atoms with Gasteiger partial charge in [-0.2, -0.15) is 5.06 Å². The van der Waals surface area contributed by atoms with Gasteiger partial charge in [0.2, 0.25) is 6.41 Å². The molecule has 2 rings (SSSR count). The molecular weight excluding hydrogens is 218 g/mol. The number of rotatable bonds is 4. The minimum Gasteiger partial charge on any atom is -0.457 e. The van der Waals surface area contributed by atoms with Crippen molar-refractivity contribution in [1.29, 1.82) is 0 Å². The van der Waals surface area contributed by atoms with E-state index in [0.29, 0.717) is 22.9 Å². The molecule has 0 aliphatic rings. The van der Waals surface area contributed by atoms with E-state index in [1.54, 1.807) is 24.3 Å². The van der Waals surface area contributed by atoms with Gasteiger partial charge in [0.25, 0.3) is 0 Å². The van der Waals surface area contributed by atoms with Crippen LogP contribution in [-0.2, 0) is 4.79 Å². The van der Waals surface area contributed by atoms with Crippen molar-refractivity contribution in [2.75, 3.05) is 5.06 Å². The van der Waals surface area contributed by atoms with E-state index in [2.05, 4.69) is 0 Å². The fraction of sp³-hybridized carbons (Fsp3) is 0. The highest BCUT2D eigenvalue weighted by Crippen LogP contribution is 2.23. The van der Waals surface area contributed by atoms with Crippen LogP contribution in [0.2, 0.25) is 0 Å². The molecule has 0 bridgehead atoms. The maximum Gasteiger partial charge on any atom is 0.237 e. The van der Waals surface area contributed by atoms with Crippen LogP contribution in [0.3, 0.4) is 0 Å². The Kier molecular flexibility index (Phi) is 3.37. The van der Waals surface area contributed by atoms with Crippen LogP contribution in [0, 0.1) is 0 Å². The molecule has 1 N–H and O–H groups in total. The normalized spacial score (nSPS) is 9.71. The third kappa shape index (κ3) is 2.83. The summed E-state index contributed by atoms with van der Waals surface area (Å²) in [7, 11) is 0. The number of ether oxygens (including phenoxy) is 1. The Bertz CT molecular complexity index is 482. The Hall–Kier alpha value is -2.33. The van der Waals surface area contributed by atoms with Gasteiger partial charge in [0.15, 0.2) is 0 Å². The molecule has 2 aromatic carbocycles. The molecule has 0 saturated carbocycles. The molecule has 0 unspecified atom stereocenters. The molecule has 4 nitrogen and oxygen atoms in total. The van der Waals surface area contributed by atoms with Gasteiger partial charge in [-0.05, 0) is 36.4 Å². The molecule has 0 radical (unpaired) electrons. The fourth-order valence-corrected chi connectivity index (χ4v) is 1.35. The number of amides is 1. The van der Waals surface area contributed by atoms with E-state index < -0.39 is 0 Å². The van der Waals surface area contributed by atoms with Crippen LogP contribution in [0.1, 0.15) is 0 Å². The van der Waals surface area contributed by atoms with Gasteiger partial charge < -0.3 is 4.74 Å². The molecule has 0 saturated heterocycles. The lowest BCUT2D eigenvalue weighted by Gasteiger charge is -2.09. The van der Waals surface area contributed by atoms with Crippen molar-refractivity contribution in [3.05, 3.63) is 54.6 Å². The predicted molar refractivity (Wildman–Crippen MR) is 63.3 cm³/mol. The van der Waals surface area contributed by atoms with Crippen molar-refractivity contribution in [1.82, 2.24) is 0 Å². The van der Waals surface area contributed by atoms with Crippen LogP contribution >= 0.6 is 0 Å². The Labute approximate surface area is 98.6 Å². The summed E-state index contributed by atoms with van der Waals surface area (Å²) in [4.78, 5) is 10.3. The van der Waals surface area contributed by atoms with Crippen LogP contribution < -0.4 is 9.80 Å². The molecular formula is C13H11NO3. The third-order valence-electron chi connectivity index (χ3n) is 2.18. The second-order valence-corrected chi connectivity index (χ2v) is 3.36. The molecule has 1 amide bonds. The van der Waals surface area contributed by atoms with Crippen LogP contribution in [0.25, 0.3) is 0 Å². The van der Waals surface area contributed by atoms with Crippen molar-refractivity contribution in [3.8, 4) is 11.5 Å². The fourth-order valence-electron chi connectivity index (χ4n) is 1.35. The quantitative estimate of drug-likeness (QED) is 0.498. The number of hydroxylamine groups is 1. The summed E-state index contributed by atoms with van der Waals surface area (Å²) in [6, 6.07) is 15.9. The van der Waals surface area contributed by atoms with Crippen LogP contribution in [0.4, 0.5) is 5.69 Å². The summed E-state index contributed by atoms with van der Waals surface area (Å²) >= 11 is 0. The van der Waals surface area contributed by atoms with E-state index in [1.165, 1.54) is 0 Å². The topological polar surface area (TPSA) is 49.8 Å². The Morgan fingerprint density at radius 1 is 0.941 bits per heavy atom. The van der Waals surface area contributed by atoms with E-state index in [1.807, 2.05) is 30.3 Å². The average molecular weight is 229 g/mol. The maximum absolute atomic E-state index is 10.3. The number of para-hydroxylation sites is 1. The van der Waals surface area contributed by atoms with E-state index in [-0.39, 0.29) is 0 Å². The summed E-state index contributed by atoms with van der Waals surface area (Å²) in [6.07, 6.45) is 0.326. The molecule has 86 valence electrons. The number of nitrogens with zero attached hydrogens (tertiary/aromatic N) is 1. The molecule has 4 heteroatoms. The summed E-state index contributed by atoms with van der Waals surface area (Å²) in [5, 5.41) is 9.64. The summed E-state index contributed by atoms with van der Waals surface area (Å²) in [5.41, 5.74) is 0.389. The van der Waals surface area contributed by atoms with Crippen molar-refractivity contribution in [3.63, 3.8) is 0 Å². The largest absolute Gasteiger partial charge is 0.457 e. The molecule has 0 aliphatic heterocycles. The lowest BCUT2D eigenvalue weighted by molar-refractivity contribution is -0.111. The van der Waals surface area contributed by atoms with Crippen molar-refractivity contribution in [2.24, 2.45) is 0 Å². The summed E-state index contributed by atoms with van der Waals surface area (Å²) < 4.78 is 5.56. The Balaban J connectivity index is 2.11.